The van der Waals surface area contributed by atoms with Gasteiger partial charge in [0.15, 0.2) is 5.76 Å². The highest BCUT2D eigenvalue weighted by Gasteiger charge is 2.27. The molecule has 1 aromatic heterocycles. The second-order valence-electron chi connectivity index (χ2n) is 5.99. The SMILES string of the molecule is Cc1cc(CN2CCN(S(=O)(=O)Cc3ccc(F)cc3)CC2)on1. The Morgan fingerprint density at radius 1 is 1.17 bits per heavy atom. The zero-order valence-corrected chi connectivity index (χ0v) is 14.3. The Morgan fingerprint density at radius 3 is 2.42 bits per heavy atom. The molecule has 1 saturated heterocycles. The van der Waals surface area contributed by atoms with Crippen LogP contribution in [-0.4, -0.2) is 49.0 Å². The molecule has 0 unspecified atom stereocenters. The van der Waals surface area contributed by atoms with E-state index in [1.54, 1.807) is 0 Å². The molecule has 8 heteroatoms. The fourth-order valence-corrected chi connectivity index (χ4v) is 4.28. The van der Waals surface area contributed by atoms with E-state index in [-0.39, 0.29) is 11.6 Å². The Labute approximate surface area is 140 Å². The standard InChI is InChI=1S/C16H20FN3O3S/c1-13-10-16(23-18-13)11-19-6-8-20(9-7-19)24(21,22)12-14-2-4-15(17)5-3-14/h2-5,10H,6-9,11-12H2,1H3. The summed E-state index contributed by atoms with van der Waals surface area (Å²) >= 11 is 0. The molecule has 6 nitrogen and oxygen atoms in total. The van der Waals surface area contributed by atoms with Gasteiger partial charge in [-0.3, -0.25) is 4.90 Å². The van der Waals surface area contributed by atoms with Gasteiger partial charge in [-0.05, 0) is 24.6 Å². The van der Waals surface area contributed by atoms with E-state index in [0.29, 0.717) is 38.3 Å². The molecule has 0 amide bonds. The van der Waals surface area contributed by atoms with Crippen LogP contribution in [0, 0.1) is 12.7 Å². The van der Waals surface area contributed by atoms with Crippen molar-refractivity contribution in [2.45, 2.75) is 19.2 Å². The van der Waals surface area contributed by atoms with Crippen molar-refractivity contribution in [2.24, 2.45) is 0 Å². The van der Waals surface area contributed by atoms with E-state index < -0.39 is 10.0 Å². The highest BCUT2D eigenvalue weighted by molar-refractivity contribution is 7.88. The first-order valence-electron chi connectivity index (χ1n) is 7.79. The summed E-state index contributed by atoms with van der Waals surface area (Å²) < 4.78 is 44.6. The van der Waals surface area contributed by atoms with Crippen LogP contribution >= 0.6 is 0 Å². The zero-order chi connectivity index (χ0) is 17.2. The Morgan fingerprint density at radius 2 is 1.83 bits per heavy atom. The zero-order valence-electron chi connectivity index (χ0n) is 13.5. The van der Waals surface area contributed by atoms with E-state index >= 15 is 0 Å². The highest BCUT2D eigenvalue weighted by atomic mass is 32.2. The largest absolute Gasteiger partial charge is 0.360 e. The molecule has 1 aliphatic heterocycles. The molecule has 1 fully saturated rings. The van der Waals surface area contributed by atoms with Crippen molar-refractivity contribution < 1.29 is 17.3 Å². The third-order valence-electron chi connectivity index (χ3n) is 4.04. The van der Waals surface area contributed by atoms with Crippen molar-refractivity contribution in [1.82, 2.24) is 14.4 Å². The summed E-state index contributed by atoms with van der Waals surface area (Å²) in [7, 11) is -3.39. The van der Waals surface area contributed by atoms with Crippen molar-refractivity contribution in [3.8, 4) is 0 Å². The van der Waals surface area contributed by atoms with Crippen LogP contribution in [0.4, 0.5) is 4.39 Å². The third kappa shape index (κ3) is 4.19. The van der Waals surface area contributed by atoms with Crippen molar-refractivity contribution in [1.29, 1.82) is 0 Å². The van der Waals surface area contributed by atoms with Gasteiger partial charge in [-0.15, -0.1) is 0 Å². The van der Waals surface area contributed by atoms with Gasteiger partial charge in [0.05, 0.1) is 18.0 Å². The summed E-state index contributed by atoms with van der Waals surface area (Å²) in [4.78, 5) is 2.14. The molecule has 1 aliphatic rings. The third-order valence-corrected chi connectivity index (χ3v) is 5.89. The Kier molecular flexibility index (Phi) is 4.98. The maximum Gasteiger partial charge on any atom is 0.218 e. The lowest BCUT2D eigenvalue weighted by molar-refractivity contribution is 0.166. The molecule has 2 aromatic rings. The number of hydrogen-bond acceptors (Lipinski definition) is 5. The smallest absolute Gasteiger partial charge is 0.218 e. The molecule has 1 aromatic carbocycles. The average Bonchev–Trinajstić information content (AvgIpc) is 2.95. The summed E-state index contributed by atoms with van der Waals surface area (Å²) in [5, 5.41) is 3.85. The monoisotopic (exact) mass is 353 g/mol. The molecule has 2 heterocycles. The van der Waals surface area contributed by atoms with Crippen molar-refractivity contribution in [3.63, 3.8) is 0 Å². The molecular formula is C16H20FN3O3S. The van der Waals surface area contributed by atoms with Gasteiger partial charge >= 0.3 is 0 Å². The summed E-state index contributed by atoms with van der Waals surface area (Å²) in [5.41, 5.74) is 1.43. The summed E-state index contributed by atoms with van der Waals surface area (Å²) in [6.07, 6.45) is 0. The first-order valence-corrected chi connectivity index (χ1v) is 9.40. The van der Waals surface area contributed by atoms with Gasteiger partial charge in [0, 0.05) is 32.2 Å². The van der Waals surface area contributed by atoms with Gasteiger partial charge in [-0.25, -0.2) is 12.8 Å². The van der Waals surface area contributed by atoms with Gasteiger partial charge < -0.3 is 4.52 Å². The number of benzene rings is 1. The number of aromatic nitrogens is 1. The second kappa shape index (κ2) is 7.00. The normalized spacial score (nSPS) is 17.2. The van der Waals surface area contributed by atoms with Gasteiger partial charge in [0.2, 0.25) is 10.0 Å². The predicted octanol–water partition coefficient (Wildman–Crippen LogP) is 1.77. The van der Waals surface area contributed by atoms with Gasteiger partial charge in [-0.2, -0.15) is 4.31 Å². The number of halogens is 1. The molecule has 0 saturated carbocycles. The van der Waals surface area contributed by atoms with E-state index in [2.05, 4.69) is 10.1 Å². The topological polar surface area (TPSA) is 66.7 Å². The van der Waals surface area contributed by atoms with Crippen molar-refractivity contribution in [3.05, 3.63) is 53.2 Å². The molecule has 0 radical (unpaired) electrons. The summed E-state index contributed by atoms with van der Waals surface area (Å²) in [5.74, 6) is 0.316. The fourth-order valence-electron chi connectivity index (χ4n) is 2.76. The molecule has 0 bridgehead atoms. The predicted molar refractivity (Wildman–Crippen MR) is 87.1 cm³/mol. The first kappa shape index (κ1) is 17.1. The van der Waals surface area contributed by atoms with Gasteiger partial charge in [-0.1, -0.05) is 17.3 Å². The number of sulfonamides is 1. The maximum atomic E-state index is 12.9. The summed E-state index contributed by atoms with van der Waals surface area (Å²) in [6.45, 7) is 4.66. The lowest BCUT2D eigenvalue weighted by atomic mass is 10.2. The second-order valence-corrected chi connectivity index (χ2v) is 7.96. The lowest BCUT2D eigenvalue weighted by Crippen LogP contribution is -2.48. The first-order chi connectivity index (χ1) is 11.4. The number of piperazine rings is 1. The van der Waals surface area contributed by atoms with E-state index in [0.717, 1.165) is 11.5 Å². The minimum atomic E-state index is -3.39. The average molecular weight is 353 g/mol. The van der Waals surface area contributed by atoms with Crippen molar-refractivity contribution in [2.75, 3.05) is 26.2 Å². The van der Waals surface area contributed by atoms with E-state index in [1.807, 2.05) is 13.0 Å². The Bertz CT molecular complexity index is 781. The Hall–Kier alpha value is -1.77. The van der Waals surface area contributed by atoms with Crippen LogP contribution in [0.15, 0.2) is 34.9 Å². The number of nitrogens with zero attached hydrogens (tertiary/aromatic N) is 3. The van der Waals surface area contributed by atoms with Crippen LogP contribution in [0.5, 0.6) is 0 Å². The highest BCUT2D eigenvalue weighted by Crippen LogP contribution is 2.16. The van der Waals surface area contributed by atoms with Gasteiger partial charge in [0.25, 0.3) is 0 Å². The number of aryl methyl sites for hydroxylation is 1. The molecule has 0 spiro atoms. The molecule has 24 heavy (non-hydrogen) atoms. The Balaban J connectivity index is 1.56. The quantitative estimate of drug-likeness (QED) is 0.820. The molecular weight excluding hydrogens is 333 g/mol. The van der Waals surface area contributed by atoms with Crippen LogP contribution in [0.3, 0.4) is 0 Å². The molecule has 0 aliphatic carbocycles. The minimum Gasteiger partial charge on any atom is -0.360 e. The molecule has 0 N–H and O–H groups in total. The van der Waals surface area contributed by atoms with Crippen LogP contribution in [0.2, 0.25) is 0 Å². The van der Waals surface area contributed by atoms with Crippen LogP contribution < -0.4 is 0 Å². The number of rotatable bonds is 5. The van der Waals surface area contributed by atoms with E-state index in [1.165, 1.54) is 28.6 Å². The molecule has 3 rings (SSSR count). The van der Waals surface area contributed by atoms with Crippen LogP contribution in [-0.2, 0) is 22.3 Å². The van der Waals surface area contributed by atoms with E-state index in [4.69, 9.17) is 4.52 Å². The maximum absolute atomic E-state index is 12.9. The number of hydrogen-bond donors (Lipinski definition) is 0. The van der Waals surface area contributed by atoms with Crippen molar-refractivity contribution >= 4 is 10.0 Å². The van der Waals surface area contributed by atoms with Crippen LogP contribution in [0.25, 0.3) is 0 Å². The van der Waals surface area contributed by atoms with E-state index in [9.17, 15) is 12.8 Å². The molecule has 0 atom stereocenters. The van der Waals surface area contributed by atoms with Gasteiger partial charge in [0.1, 0.15) is 5.82 Å². The molecule has 130 valence electrons. The fraction of sp³-hybridized carbons (Fsp3) is 0.438. The van der Waals surface area contributed by atoms with Crippen LogP contribution in [0.1, 0.15) is 17.0 Å². The summed E-state index contributed by atoms with van der Waals surface area (Å²) in [6, 6.07) is 7.47. The minimum absolute atomic E-state index is 0.103. The lowest BCUT2D eigenvalue weighted by Gasteiger charge is -2.33.